The summed E-state index contributed by atoms with van der Waals surface area (Å²) < 4.78 is 10.6. The van der Waals surface area contributed by atoms with E-state index in [0.717, 1.165) is 28.7 Å². The molecule has 0 aliphatic rings. The smallest absolute Gasteiger partial charge is 0.161 e. The minimum atomic E-state index is 0.638. The summed E-state index contributed by atoms with van der Waals surface area (Å²) in [4.78, 5) is 0. The third kappa shape index (κ3) is 2.47. The second kappa shape index (κ2) is 5.28. The van der Waals surface area contributed by atoms with E-state index in [2.05, 4.69) is 18.2 Å². The fourth-order valence-corrected chi connectivity index (χ4v) is 2.11. The fraction of sp³-hybridized carbons (Fsp3) is 0.286. The number of benzene rings is 2. The Kier molecular flexibility index (Phi) is 3.75. The molecule has 2 aromatic carbocycles. The Morgan fingerprint density at radius 2 is 1.59 bits per heavy atom. The van der Waals surface area contributed by atoms with Crippen LogP contribution in [0, 0.1) is 0 Å². The molecule has 0 saturated carbocycles. The summed E-state index contributed by atoms with van der Waals surface area (Å²) in [6.45, 7) is 0. The van der Waals surface area contributed by atoms with Crippen LogP contribution in [0.5, 0.6) is 11.5 Å². The van der Waals surface area contributed by atoms with Crippen molar-refractivity contribution in [2.45, 2.75) is 6.42 Å². The largest absolute Gasteiger partial charge is 0.493 e. The van der Waals surface area contributed by atoms with Gasteiger partial charge < -0.3 is 9.47 Å². The van der Waals surface area contributed by atoms with Gasteiger partial charge in [-0.3, -0.25) is 0 Å². The highest BCUT2D eigenvalue weighted by Gasteiger charge is 2.06. The molecule has 90 valence electrons. The number of halogens is 1. The zero-order chi connectivity index (χ0) is 12.3. The summed E-state index contributed by atoms with van der Waals surface area (Å²) in [6.07, 6.45) is 0.881. The molecule has 0 saturated heterocycles. The maximum absolute atomic E-state index is 5.75. The van der Waals surface area contributed by atoms with Gasteiger partial charge in [-0.1, -0.05) is 18.2 Å². The van der Waals surface area contributed by atoms with Gasteiger partial charge in [-0.2, -0.15) is 0 Å². The Balaban J connectivity index is 2.54. The maximum atomic E-state index is 5.75. The molecule has 0 unspecified atom stereocenters. The van der Waals surface area contributed by atoms with Gasteiger partial charge in [0.25, 0.3) is 0 Å². The highest BCUT2D eigenvalue weighted by Crippen LogP contribution is 2.32. The topological polar surface area (TPSA) is 18.5 Å². The first-order valence-electron chi connectivity index (χ1n) is 5.49. The van der Waals surface area contributed by atoms with Crippen LogP contribution in [-0.2, 0) is 6.42 Å². The highest BCUT2D eigenvalue weighted by molar-refractivity contribution is 6.18. The lowest BCUT2D eigenvalue weighted by atomic mass is 10.0. The SMILES string of the molecule is COc1cc2ccc(CCCl)cc2cc1OC. The monoisotopic (exact) mass is 250 g/mol. The van der Waals surface area contributed by atoms with E-state index in [1.807, 2.05) is 12.1 Å². The Labute approximate surface area is 106 Å². The van der Waals surface area contributed by atoms with Crippen molar-refractivity contribution in [1.82, 2.24) is 0 Å². The Morgan fingerprint density at radius 3 is 2.18 bits per heavy atom. The van der Waals surface area contributed by atoms with Crippen molar-refractivity contribution in [2.24, 2.45) is 0 Å². The number of aryl methyl sites for hydroxylation is 1. The van der Waals surface area contributed by atoms with Crippen LogP contribution in [0.3, 0.4) is 0 Å². The lowest BCUT2D eigenvalue weighted by Crippen LogP contribution is -1.91. The first-order valence-corrected chi connectivity index (χ1v) is 6.02. The predicted octanol–water partition coefficient (Wildman–Crippen LogP) is 3.64. The van der Waals surface area contributed by atoms with E-state index in [0.29, 0.717) is 5.88 Å². The second-order valence-electron chi connectivity index (χ2n) is 3.83. The van der Waals surface area contributed by atoms with Crippen LogP contribution in [0.4, 0.5) is 0 Å². The third-order valence-electron chi connectivity index (χ3n) is 2.79. The molecule has 0 fully saturated rings. The normalized spacial score (nSPS) is 10.5. The molecule has 0 atom stereocenters. The molecule has 0 aromatic heterocycles. The predicted molar refractivity (Wildman–Crippen MR) is 71.5 cm³/mol. The second-order valence-corrected chi connectivity index (χ2v) is 4.21. The van der Waals surface area contributed by atoms with E-state index < -0.39 is 0 Å². The third-order valence-corrected chi connectivity index (χ3v) is 2.98. The minimum absolute atomic E-state index is 0.638. The number of fused-ring (bicyclic) bond motifs is 1. The minimum Gasteiger partial charge on any atom is -0.493 e. The molecule has 0 aliphatic heterocycles. The molecule has 0 radical (unpaired) electrons. The highest BCUT2D eigenvalue weighted by atomic mass is 35.5. The van der Waals surface area contributed by atoms with Gasteiger partial charge in [0.15, 0.2) is 11.5 Å². The molecular weight excluding hydrogens is 236 g/mol. The van der Waals surface area contributed by atoms with Crippen molar-refractivity contribution in [1.29, 1.82) is 0 Å². The molecule has 3 heteroatoms. The van der Waals surface area contributed by atoms with Gasteiger partial charge in [-0.05, 0) is 34.9 Å². The van der Waals surface area contributed by atoms with Crippen molar-refractivity contribution >= 4 is 22.4 Å². The summed E-state index contributed by atoms with van der Waals surface area (Å²) in [7, 11) is 3.29. The quantitative estimate of drug-likeness (QED) is 0.772. The Bertz CT molecular complexity index is 523. The number of alkyl halides is 1. The van der Waals surface area contributed by atoms with Crippen LogP contribution in [0.25, 0.3) is 10.8 Å². The van der Waals surface area contributed by atoms with E-state index in [4.69, 9.17) is 21.1 Å². The first-order chi connectivity index (χ1) is 8.28. The first kappa shape index (κ1) is 12.1. The zero-order valence-electron chi connectivity index (χ0n) is 10.00. The van der Waals surface area contributed by atoms with Gasteiger partial charge in [0.05, 0.1) is 14.2 Å². The van der Waals surface area contributed by atoms with E-state index in [-0.39, 0.29) is 0 Å². The van der Waals surface area contributed by atoms with Crippen LogP contribution in [0.1, 0.15) is 5.56 Å². The molecule has 0 aliphatic carbocycles. The van der Waals surface area contributed by atoms with E-state index in [1.165, 1.54) is 5.56 Å². The summed E-state index contributed by atoms with van der Waals surface area (Å²) in [5.41, 5.74) is 1.24. The molecule has 0 amide bonds. The fourth-order valence-electron chi connectivity index (χ4n) is 1.89. The van der Waals surface area contributed by atoms with Crippen molar-refractivity contribution < 1.29 is 9.47 Å². The number of hydrogen-bond donors (Lipinski definition) is 0. The van der Waals surface area contributed by atoms with Gasteiger partial charge in [-0.15, -0.1) is 11.6 Å². The van der Waals surface area contributed by atoms with Crippen LogP contribution >= 0.6 is 11.6 Å². The van der Waals surface area contributed by atoms with Gasteiger partial charge in [0.1, 0.15) is 0 Å². The van der Waals surface area contributed by atoms with Crippen molar-refractivity contribution in [2.75, 3.05) is 20.1 Å². The van der Waals surface area contributed by atoms with Crippen LogP contribution in [-0.4, -0.2) is 20.1 Å². The van der Waals surface area contributed by atoms with Crippen molar-refractivity contribution in [3.63, 3.8) is 0 Å². The van der Waals surface area contributed by atoms with Gasteiger partial charge in [0.2, 0.25) is 0 Å². The molecular formula is C14H15ClO2. The number of ether oxygens (including phenoxy) is 2. The molecule has 0 heterocycles. The number of methoxy groups -OCH3 is 2. The summed E-state index contributed by atoms with van der Waals surface area (Å²) in [6, 6.07) is 10.3. The summed E-state index contributed by atoms with van der Waals surface area (Å²) in [5, 5.41) is 2.28. The number of rotatable bonds is 4. The average Bonchev–Trinajstić information content (AvgIpc) is 2.37. The van der Waals surface area contributed by atoms with Crippen molar-refractivity contribution in [3.8, 4) is 11.5 Å². The molecule has 0 N–H and O–H groups in total. The van der Waals surface area contributed by atoms with Crippen LogP contribution in [0.15, 0.2) is 30.3 Å². The Morgan fingerprint density at radius 1 is 0.941 bits per heavy atom. The molecule has 2 rings (SSSR count). The maximum Gasteiger partial charge on any atom is 0.161 e. The molecule has 17 heavy (non-hydrogen) atoms. The number of hydrogen-bond acceptors (Lipinski definition) is 2. The van der Waals surface area contributed by atoms with E-state index in [1.54, 1.807) is 14.2 Å². The van der Waals surface area contributed by atoms with Crippen LogP contribution < -0.4 is 9.47 Å². The average molecular weight is 251 g/mol. The van der Waals surface area contributed by atoms with E-state index in [9.17, 15) is 0 Å². The molecule has 0 bridgehead atoms. The summed E-state index contributed by atoms with van der Waals surface area (Å²) in [5.74, 6) is 2.15. The summed E-state index contributed by atoms with van der Waals surface area (Å²) >= 11 is 5.75. The Hall–Kier alpha value is -1.41. The van der Waals surface area contributed by atoms with Gasteiger partial charge >= 0.3 is 0 Å². The standard InChI is InChI=1S/C14H15ClO2/c1-16-13-8-11-4-3-10(5-6-15)7-12(11)9-14(13)17-2/h3-4,7-9H,5-6H2,1-2H3. The lowest BCUT2D eigenvalue weighted by molar-refractivity contribution is 0.356. The molecule has 2 nitrogen and oxygen atoms in total. The molecule has 0 spiro atoms. The zero-order valence-corrected chi connectivity index (χ0v) is 10.8. The van der Waals surface area contributed by atoms with Gasteiger partial charge in [0, 0.05) is 5.88 Å². The molecule has 2 aromatic rings. The van der Waals surface area contributed by atoms with E-state index >= 15 is 0 Å². The lowest BCUT2D eigenvalue weighted by Gasteiger charge is -2.10. The van der Waals surface area contributed by atoms with Gasteiger partial charge in [-0.25, -0.2) is 0 Å². The van der Waals surface area contributed by atoms with Crippen LogP contribution in [0.2, 0.25) is 0 Å². The van der Waals surface area contributed by atoms with Crippen molar-refractivity contribution in [3.05, 3.63) is 35.9 Å².